The van der Waals surface area contributed by atoms with Crippen molar-refractivity contribution in [3.8, 4) is 0 Å². The summed E-state index contributed by atoms with van der Waals surface area (Å²) in [5.74, 6) is 0.202. The average molecular weight is 329 g/mol. The fourth-order valence-corrected chi connectivity index (χ4v) is 3.59. The van der Waals surface area contributed by atoms with Crippen LogP contribution in [0.3, 0.4) is 0 Å². The summed E-state index contributed by atoms with van der Waals surface area (Å²) in [7, 11) is -4.16. The van der Waals surface area contributed by atoms with Gasteiger partial charge >= 0.3 is 7.82 Å². The third kappa shape index (κ3) is 2.02. The van der Waals surface area contributed by atoms with Crippen LogP contribution in [0.5, 0.6) is 0 Å². The first-order valence-corrected chi connectivity index (χ1v) is 7.88. The number of nitrogens with zero attached hydrogens (tertiary/aromatic N) is 4. The van der Waals surface area contributed by atoms with Crippen LogP contribution in [0.15, 0.2) is 12.7 Å². The topological polar surface area (TPSA) is 155 Å². The van der Waals surface area contributed by atoms with Gasteiger partial charge in [0, 0.05) is 0 Å². The highest BCUT2D eigenvalue weighted by molar-refractivity contribution is 7.47. The lowest BCUT2D eigenvalue weighted by Gasteiger charge is -2.27. The maximum absolute atomic E-state index is 11.5. The van der Waals surface area contributed by atoms with E-state index in [0.717, 1.165) is 0 Å². The summed E-state index contributed by atoms with van der Waals surface area (Å²) in [6, 6.07) is 0. The summed E-state index contributed by atoms with van der Waals surface area (Å²) in [5, 5.41) is 10.4. The second-order valence-corrected chi connectivity index (χ2v) is 6.38. The predicted molar refractivity (Wildman–Crippen MR) is 70.3 cm³/mol. The van der Waals surface area contributed by atoms with Gasteiger partial charge in [0.05, 0.1) is 12.9 Å². The molecule has 1 unspecified atom stereocenters. The van der Waals surface area contributed by atoms with Gasteiger partial charge < -0.3 is 20.5 Å². The molecule has 0 bridgehead atoms. The van der Waals surface area contributed by atoms with E-state index in [2.05, 4.69) is 19.5 Å². The molecule has 2 aliphatic rings. The Morgan fingerprint density at radius 1 is 1.41 bits per heavy atom. The number of phosphoric acid groups is 1. The molecule has 4 rings (SSSR count). The summed E-state index contributed by atoms with van der Waals surface area (Å²) < 4.78 is 28.2. The number of ether oxygens (including phenoxy) is 1. The first kappa shape index (κ1) is 14.0. The molecule has 2 saturated heterocycles. The normalized spacial score (nSPS) is 38.3. The molecule has 11 nitrogen and oxygen atoms in total. The van der Waals surface area contributed by atoms with Gasteiger partial charge in [-0.15, -0.1) is 0 Å². The second-order valence-electron chi connectivity index (χ2n) is 4.97. The Morgan fingerprint density at radius 3 is 3.05 bits per heavy atom. The lowest BCUT2D eigenvalue weighted by molar-refractivity contribution is -0.0664. The van der Waals surface area contributed by atoms with Crippen molar-refractivity contribution in [2.75, 3.05) is 12.3 Å². The third-order valence-electron chi connectivity index (χ3n) is 3.63. The van der Waals surface area contributed by atoms with Gasteiger partial charge in [0.2, 0.25) is 0 Å². The summed E-state index contributed by atoms with van der Waals surface area (Å²) in [4.78, 5) is 21.3. The van der Waals surface area contributed by atoms with Gasteiger partial charge in [-0.1, -0.05) is 0 Å². The predicted octanol–water partition coefficient (Wildman–Crippen LogP) is -0.817. The third-order valence-corrected chi connectivity index (χ3v) is 4.61. The molecule has 0 saturated carbocycles. The average Bonchev–Trinajstić information content (AvgIpc) is 3.01. The zero-order valence-corrected chi connectivity index (χ0v) is 11.9. The van der Waals surface area contributed by atoms with E-state index in [0.29, 0.717) is 11.2 Å². The van der Waals surface area contributed by atoms with Crippen molar-refractivity contribution in [2.45, 2.75) is 24.5 Å². The summed E-state index contributed by atoms with van der Waals surface area (Å²) in [6.07, 6.45) is -1.07. The van der Waals surface area contributed by atoms with Crippen LogP contribution in [0.4, 0.5) is 5.82 Å². The Kier molecular flexibility index (Phi) is 2.98. The van der Waals surface area contributed by atoms with Gasteiger partial charge in [-0.2, -0.15) is 0 Å². The summed E-state index contributed by atoms with van der Waals surface area (Å²) in [6.45, 7) is -0.157. The van der Waals surface area contributed by atoms with Crippen LogP contribution in [-0.4, -0.2) is 54.4 Å². The van der Waals surface area contributed by atoms with Gasteiger partial charge in [0.25, 0.3) is 0 Å². The SMILES string of the molecule is Nc1ncnc2c1ncn2[C@H]1O[C@@H]2COP(=O)(O)O[C@H]2[C@@H]1O. The summed E-state index contributed by atoms with van der Waals surface area (Å²) >= 11 is 0. The highest BCUT2D eigenvalue weighted by atomic mass is 31.2. The number of phosphoric ester groups is 1. The second kappa shape index (κ2) is 4.69. The van der Waals surface area contributed by atoms with Crippen LogP contribution < -0.4 is 5.73 Å². The number of hydrogen-bond donors (Lipinski definition) is 3. The van der Waals surface area contributed by atoms with Gasteiger partial charge in [0.15, 0.2) is 17.7 Å². The number of rotatable bonds is 1. The maximum Gasteiger partial charge on any atom is 0.472 e. The number of imidazole rings is 1. The van der Waals surface area contributed by atoms with Crippen LogP contribution >= 0.6 is 7.82 Å². The first-order chi connectivity index (χ1) is 10.5. The monoisotopic (exact) mass is 329 g/mol. The van der Waals surface area contributed by atoms with E-state index in [4.69, 9.17) is 15.0 Å². The van der Waals surface area contributed by atoms with Crippen molar-refractivity contribution >= 4 is 24.8 Å². The molecule has 2 aliphatic heterocycles. The molecule has 4 N–H and O–H groups in total. The molecule has 2 fully saturated rings. The molecule has 0 amide bonds. The number of aromatic nitrogens is 4. The van der Waals surface area contributed by atoms with Gasteiger partial charge in [-0.25, -0.2) is 19.5 Å². The molecule has 12 heteroatoms. The van der Waals surface area contributed by atoms with E-state index in [-0.39, 0.29) is 12.4 Å². The van der Waals surface area contributed by atoms with Crippen molar-refractivity contribution in [3.63, 3.8) is 0 Å². The standard InChI is InChI=1S/C10H12N5O6P/c11-8-5-9(13-2-12-8)15(3-14-5)10-6(16)7-4(20-10)1-19-22(17,18)21-7/h2-4,6-7,10,16H,1H2,(H,17,18)(H2,11,12,13)/t4-,6+,7-,10+/m1/s1. The van der Waals surface area contributed by atoms with Crippen molar-refractivity contribution in [3.05, 3.63) is 12.7 Å². The lowest BCUT2D eigenvalue weighted by atomic mass is 10.1. The molecule has 0 aromatic carbocycles. The van der Waals surface area contributed by atoms with Crippen molar-refractivity contribution in [1.29, 1.82) is 0 Å². The smallest absolute Gasteiger partial charge is 0.386 e. The van der Waals surface area contributed by atoms with Crippen LogP contribution in [0.1, 0.15) is 6.23 Å². The molecule has 2 aromatic rings. The molecule has 22 heavy (non-hydrogen) atoms. The van der Waals surface area contributed by atoms with E-state index in [1.807, 2.05) is 0 Å². The summed E-state index contributed by atoms with van der Waals surface area (Å²) in [5.41, 5.74) is 6.46. The minimum Gasteiger partial charge on any atom is -0.386 e. The van der Waals surface area contributed by atoms with E-state index < -0.39 is 32.4 Å². The highest BCUT2D eigenvalue weighted by Crippen LogP contribution is 2.52. The Morgan fingerprint density at radius 2 is 2.23 bits per heavy atom. The Bertz CT molecular complexity index is 782. The van der Waals surface area contributed by atoms with Gasteiger partial charge in [-0.05, 0) is 0 Å². The molecule has 118 valence electrons. The quantitative estimate of drug-likeness (QED) is 0.565. The molecule has 0 spiro atoms. The van der Waals surface area contributed by atoms with E-state index in [1.165, 1.54) is 17.2 Å². The number of fused-ring (bicyclic) bond motifs is 2. The van der Waals surface area contributed by atoms with Crippen molar-refractivity contribution in [2.24, 2.45) is 0 Å². The van der Waals surface area contributed by atoms with Crippen LogP contribution in [0, 0.1) is 0 Å². The number of nitrogen functional groups attached to an aromatic ring is 1. The van der Waals surface area contributed by atoms with Crippen molar-refractivity contribution in [1.82, 2.24) is 19.5 Å². The number of hydrogen-bond acceptors (Lipinski definition) is 9. The number of anilines is 1. The molecule has 0 aliphatic carbocycles. The zero-order valence-electron chi connectivity index (χ0n) is 11.0. The molecular formula is C10H12N5O6P. The first-order valence-electron chi connectivity index (χ1n) is 6.38. The molecule has 0 radical (unpaired) electrons. The molecule has 4 heterocycles. The molecule has 2 aromatic heterocycles. The number of nitrogens with two attached hydrogens (primary N) is 1. The van der Waals surface area contributed by atoms with Crippen LogP contribution in [0.25, 0.3) is 11.2 Å². The lowest BCUT2D eigenvalue weighted by Crippen LogP contribution is -2.39. The van der Waals surface area contributed by atoms with Crippen molar-refractivity contribution < 1.29 is 28.3 Å². The minimum absolute atomic E-state index is 0.157. The largest absolute Gasteiger partial charge is 0.472 e. The Balaban J connectivity index is 1.71. The number of aliphatic hydroxyl groups is 1. The molecule has 5 atom stereocenters. The van der Waals surface area contributed by atoms with E-state index >= 15 is 0 Å². The molecular weight excluding hydrogens is 317 g/mol. The van der Waals surface area contributed by atoms with E-state index in [9.17, 15) is 14.6 Å². The minimum atomic E-state index is -4.16. The number of aliphatic hydroxyl groups excluding tert-OH is 1. The highest BCUT2D eigenvalue weighted by Gasteiger charge is 2.52. The van der Waals surface area contributed by atoms with Gasteiger partial charge in [-0.3, -0.25) is 13.6 Å². The Labute approximate surface area is 123 Å². The zero-order chi connectivity index (χ0) is 15.5. The van der Waals surface area contributed by atoms with E-state index in [1.54, 1.807) is 0 Å². The Hall–Kier alpha value is -1.62. The fraction of sp³-hybridized carbons (Fsp3) is 0.500. The van der Waals surface area contributed by atoms with Crippen LogP contribution in [0.2, 0.25) is 0 Å². The van der Waals surface area contributed by atoms with Crippen LogP contribution in [-0.2, 0) is 18.3 Å². The maximum atomic E-state index is 11.5. The fourth-order valence-electron chi connectivity index (χ4n) is 2.62. The van der Waals surface area contributed by atoms with Gasteiger partial charge in [0.1, 0.15) is 30.2 Å².